The molecule has 1 heterocycles. The van der Waals surface area contributed by atoms with E-state index in [1.54, 1.807) is 0 Å². The second-order valence-corrected chi connectivity index (χ2v) is 4.90. The predicted molar refractivity (Wildman–Crippen MR) is 80.1 cm³/mol. The summed E-state index contributed by atoms with van der Waals surface area (Å²) < 4.78 is 9.94. The molecule has 0 aliphatic rings. The molecule has 1 aromatic heterocycles. The minimum Gasteiger partial charge on any atom is -0.490 e. The molecule has 0 atom stereocenters. The molecule has 0 aliphatic heterocycles. The standard InChI is InChI=1S/C16H17NO4/c1-9-5-10(2)15(11(3)6-9)17-16(19)13-7-12(18)14(20-4)8-21-13/h5-8H,1-4H3,(H,17,19). The molecule has 0 saturated heterocycles. The summed E-state index contributed by atoms with van der Waals surface area (Å²) >= 11 is 0. The summed E-state index contributed by atoms with van der Waals surface area (Å²) in [5.74, 6) is -0.459. The van der Waals surface area contributed by atoms with Gasteiger partial charge in [0.1, 0.15) is 6.26 Å². The molecule has 1 N–H and O–H groups in total. The molecule has 0 unspecified atom stereocenters. The van der Waals surface area contributed by atoms with Gasteiger partial charge in [-0.15, -0.1) is 0 Å². The molecule has 2 aromatic rings. The van der Waals surface area contributed by atoms with Crippen LogP contribution in [0, 0.1) is 20.8 Å². The lowest BCUT2D eigenvalue weighted by molar-refractivity contribution is 0.0993. The first-order valence-electron chi connectivity index (χ1n) is 6.48. The van der Waals surface area contributed by atoms with Crippen molar-refractivity contribution >= 4 is 11.6 Å². The Bertz CT molecular complexity index is 723. The first kappa shape index (κ1) is 14.8. The van der Waals surface area contributed by atoms with Crippen molar-refractivity contribution in [3.05, 3.63) is 57.1 Å². The Balaban J connectivity index is 2.30. The number of carbonyl (C=O) groups is 1. The Morgan fingerprint density at radius 3 is 2.29 bits per heavy atom. The smallest absolute Gasteiger partial charge is 0.291 e. The van der Waals surface area contributed by atoms with Crippen molar-refractivity contribution in [1.29, 1.82) is 0 Å². The Kier molecular flexibility index (Phi) is 4.12. The molecule has 5 nitrogen and oxygen atoms in total. The maximum Gasteiger partial charge on any atom is 0.291 e. The summed E-state index contributed by atoms with van der Waals surface area (Å²) in [5, 5.41) is 2.77. The monoisotopic (exact) mass is 287 g/mol. The van der Waals surface area contributed by atoms with Crippen LogP contribution in [0.2, 0.25) is 0 Å². The van der Waals surface area contributed by atoms with Crippen molar-refractivity contribution in [2.45, 2.75) is 20.8 Å². The lowest BCUT2D eigenvalue weighted by atomic mass is 10.1. The van der Waals surface area contributed by atoms with Gasteiger partial charge < -0.3 is 14.5 Å². The van der Waals surface area contributed by atoms with Gasteiger partial charge in [-0.25, -0.2) is 0 Å². The maximum atomic E-state index is 12.2. The number of benzene rings is 1. The van der Waals surface area contributed by atoms with Crippen LogP contribution >= 0.6 is 0 Å². The van der Waals surface area contributed by atoms with Crippen LogP contribution in [-0.2, 0) is 0 Å². The van der Waals surface area contributed by atoms with Crippen LogP contribution in [0.15, 0.2) is 33.7 Å². The molecule has 1 amide bonds. The molecule has 0 fully saturated rings. The molecule has 0 spiro atoms. The van der Waals surface area contributed by atoms with E-state index in [0.29, 0.717) is 0 Å². The number of carbonyl (C=O) groups excluding carboxylic acids is 1. The van der Waals surface area contributed by atoms with Gasteiger partial charge in [0, 0.05) is 11.8 Å². The van der Waals surface area contributed by atoms with E-state index in [9.17, 15) is 9.59 Å². The number of hydrogen-bond acceptors (Lipinski definition) is 4. The molecule has 0 radical (unpaired) electrons. The molecule has 0 bridgehead atoms. The third-order valence-corrected chi connectivity index (χ3v) is 3.16. The molecule has 0 saturated carbocycles. The zero-order chi connectivity index (χ0) is 15.6. The molecule has 5 heteroatoms. The average molecular weight is 287 g/mol. The van der Waals surface area contributed by atoms with Crippen LogP contribution in [0.4, 0.5) is 5.69 Å². The maximum absolute atomic E-state index is 12.2. The molecule has 0 aliphatic carbocycles. The van der Waals surface area contributed by atoms with Crippen molar-refractivity contribution in [1.82, 2.24) is 0 Å². The minimum atomic E-state index is -0.468. The number of ether oxygens (including phenoxy) is 1. The van der Waals surface area contributed by atoms with E-state index < -0.39 is 11.3 Å². The number of aryl methyl sites for hydroxylation is 3. The summed E-state index contributed by atoms with van der Waals surface area (Å²) in [4.78, 5) is 23.8. The van der Waals surface area contributed by atoms with Crippen molar-refractivity contribution in [3.63, 3.8) is 0 Å². The van der Waals surface area contributed by atoms with Crippen LogP contribution in [0.5, 0.6) is 5.75 Å². The van der Waals surface area contributed by atoms with E-state index in [-0.39, 0.29) is 11.5 Å². The Morgan fingerprint density at radius 1 is 1.14 bits per heavy atom. The zero-order valence-electron chi connectivity index (χ0n) is 12.4. The predicted octanol–water partition coefficient (Wildman–Crippen LogP) is 2.83. The molecular formula is C16H17NO4. The van der Waals surface area contributed by atoms with E-state index >= 15 is 0 Å². The van der Waals surface area contributed by atoms with E-state index in [4.69, 9.17) is 9.15 Å². The van der Waals surface area contributed by atoms with E-state index in [0.717, 1.165) is 34.7 Å². The molecule has 2 rings (SSSR count). The fourth-order valence-corrected chi connectivity index (χ4v) is 2.22. The van der Waals surface area contributed by atoms with Crippen LogP contribution < -0.4 is 15.5 Å². The first-order valence-corrected chi connectivity index (χ1v) is 6.48. The number of nitrogens with one attached hydrogen (secondary N) is 1. The quantitative estimate of drug-likeness (QED) is 0.942. The zero-order valence-corrected chi connectivity index (χ0v) is 12.4. The third kappa shape index (κ3) is 3.13. The molecule has 1 aromatic carbocycles. The SMILES string of the molecule is COc1coc(C(=O)Nc2c(C)cc(C)cc2C)cc1=O. The highest BCUT2D eigenvalue weighted by Crippen LogP contribution is 2.22. The fraction of sp³-hybridized carbons (Fsp3) is 0.250. The van der Waals surface area contributed by atoms with Gasteiger partial charge in [-0.2, -0.15) is 0 Å². The lowest BCUT2D eigenvalue weighted by Gasteiger charge is -2.12. The summed E-state index contributed by atoms with van der Waals surface area (Å²) in [6, 6.07) is 5.08. The third-order valence-electron chi connectivity index (χ3n) is 3.16. The van der Waals surface area contributed by atoms with Crippen molar-refractivity contribution < 1.29 is 13.9 Å². The first-order chi connectivity index (χ1) is 9.92. The highest BCUT2D eigenvalue weighted by molar-refractivity contribution is 6.03. The van der Waals surface area contributed by atoms with Gasteiger partial charge in [0.05, 0.1) is 7.11 Å². The number of hydrogen-bond donors (Lipinski definition) is 1. The molecule has 21 heavy (non-hydrogen) atoms. The van der Waals surface area contributed by atoms with Crippen molar-refractivity contribution in [3.8, 4) is 5.75 Å². The largest absolute Gasteiger partial charge is 0.490 e. The van der Waals surface area contributed by atoms with Crippen molar-refractivity contribution in [2.24, 2.45) is 0 Å². The lowest BCUT2D eigenvalue weighted by Crippen LogP contribution is -2.16. The Labute approximate surface area is 122 Å². The minimum absolute atomic E-state index is 0.0554. The fourth-order valence-electron chi connectivity index (χ4n) is 2.22. The van der Waals surface area contributed by atoms with E-state index in [1.165, 1.54) is 7.11 Å². The van der Waals surface area contributed by atoms with Crippen LogP contribution in [0.25, 0.3) is 0 Å². The average Bonchev–Trinajstić information content (AvgIpc) is 2.42. The van der Waals surface area contributed by atoms with Crippen LogP contribution in [0.1, 0.15) is 27.2 Å². The van der Waals surface area contributed by atoms with Crippen molar-refractivity contribution in [2.75, 3.05) is 12.4 Å². The van der Waals surface area contributed by atoms with Gasteiger partial charge >= 0.3 is 0 Å². The highest BCUT2D eigenvalue weighted by atomic mass is 16.5. The second-order valence-electron chi connectivity index (χ2n) is 4.90. The van der Waals surface area contributed by atoms with Gasteiger partial charge in [-0.05, 0) is 31.9 Å². The summed E-state index contributed by atoms with van der Waals surface area (Å²) in [6.07, 6.45) is 1.13. The number of amides is 1. The van der Waals surface area contributed by atoms with Gasteiger partial charge in [-0.3, -0.25) is 9.59 Å². The second kappa shape index (κ2) is 5.83. The summed E-state index contributed by atoms with van der Waals surface area (Å²) in [5.41, 5.74) is 3.36. The van der Waals surface area contributed by atoms with E-state index in [2.05, 4.69) is 5.32 Å². The Hall–Kier alpha value is -2.56. The van der Waals surface area contributed by atoms with E-state index in [1.807, 2.05) is 32.9 Å². The summed E-state index contributed by atoms with van der Waals surface area (Å²) in [6.45, 7) is 5.83. The topological polar surface area (TPSA) is 68.5 Å². The number of rotatable bonds is 3. The van der Waals surface area contributed by atoms with Gasteiger partial charge in [-0.1, -0.05) is 17.7 Å². The number of anilines is 1. The van der Waals surface area contributed by atoms with Crippen LogP contribution in [-0.4, -0.2) is 13.0 Å². The summed E-state index contributed by atoms with van der Waals surface area (Å²) in [7, 11) is 1.37. The highest BCUT2D eigenvalue weighted by Gasteiger charge is 2.14. The van der Waals surface area contributed by atoms with Gasteiger partial charge in [0.25, 0.3) is 5.91 Å². The van der Waals surface area contributed by atoms with Gasteiger partial charge in [0.2, 0.25) is 11.2 Å². The van der Waals surface area contributed by atoms with Crippen LogP contribution in [0.3, 0.4) is 0 Å². The van der Waals surface area contributed by atoms with Gasteiger partial charge in [0.15, 0.2) is 5.76 Å². The molecular weight excluding hydrogens is 270 g/mol. The normalized spacial score (nSPS) is 10.3. The molecule has 110 valence electrons. The number of methoxy groups -OCH3 is 1. The Morgan fingerprint density at radius 2 is 1.76 bits per heavy atom.